The summed E-state index contributed by atoms with van der Waals surface area (Å²) < 4.78 is 5.10. The fourth-order valence-corrected chi connectivity index (χ4v) is 4.88. The fourth-order valence-electron chi connectivity index (χ4n) is 3.88. The predicted molar refractivity (Wildman–Crippen MR) is 145 cm³/mol. The van der Waals surface area contributed by atoms with Crippen molar-refractivity contribution in [1.29, 1.82) is 0 Å². The topological polar surface area (TPSA) is 166 Å². The molecule has 0 aliphatic carbocycles. The van der Waals surface area contributed by atoms with Gasteiger partial charge in [-0.2, -0.15) is 0 Å². The number of thioether (sulfide) groups is 1. The van der Waals surface area contributed by atoms with Gasteiger partial charge in [-0.1, -0.05) is 49.9 Å². The number of amides is 2. The molecule has 4 rings (SSSR count). The molecule has 11 nitrogen and oxygen atoms in total. The standard InChI is InChI=1S/C26H27N5O6S/c1-13(2)14-4-6-15(7-5-14)21(20-23(34)29-25(36)30-24(20)35)28-26-31-22(33)18(38-26)12-19(32)27-16-8-10-17(37-3)11-9-16/h4-11,13,18,21H,12H2,1-3H3,(H,27,32)(H,28,31,33)(H3,29,30,34,35,36)/t18-,21-/m0/s1. The number of nitrogens with zero attached hydrogens (tertiary/aromatic N) is 1. The maximum atomic E-state index is 12.7. The molecule has 0 saturated carbocycles. The Morgan fingerprint density at radius 2 is 1.71 bits per heavy atom. The van der Waals surface area contributed by atoms with Gasteiger partial charge in [0.2, 0.25) is 17.7 Å². The molecule has 1 aromatic heterocycles. The zero-order valence-electron chi connectivity index (χ0n) is 20.9. The Balaban J connectivity index is 1.58. The summed E-state index contributed by atoms with van der Waals surface area (Å²) in [5.74, 6) is -0.471. The number of aliphatic imine (C=N–C) groups is 1. The molecular weight excluding hydrogens is 510 g/mol. The quantitative estimate of drug-likeness (QED) is 0.294. The van der Waals surface area contributed by atoms with Crippen molar-refractivity contribution in [3.05, 3.63) is 86.1 Å². The second-order valence-corrected chi connectivity index (χ2v) is 10.1. The number of benzene rings is 2. The van der Waals surface area contributed by atoms with Crippen molar-refractivity contribution in [3.63, 3.8) is 0 Å². The monoisotopic (exact) mass is 537 g/mol. The lowest BCUT2D eigenvalue weighted by Gasteiger charge is -2.15. The van der Waals surface area contributed by atoms with Crippen molar-refractivity contribution >= 4 is 34.4 Å². The minimum atomic E-state index is -1.04. The summed E-state index contributed by atoms with van der Waals surface area (Å²) >= 11 is 1.05. The summed E-state index contributed by atoms with van der Waals surface area (Å²) in [5, 5.41) is 15.2. The molecule has 3 aromatic rings. The third-order valence-corrected chi connectivity index (χ3v) is 7.01. The van der Waals surface area contributed by atoms with Crippen LogP contribution in [0.15, 0.2) is 63.1 Å². The molecule has 1 aliphatic heterocycles. The minimum absolute atomic E-state index is 0.111. The number of methoxy groups -OCH3 is 1. The zero-order valence-corrected chi connectivity index (χ0v) is 21.7. The Kier molecular flexibility index (Phi) is 8.01. The highest BCUT2D eigenvalue weighted by molar-refractivity contribution is 8.15. The third-order valence-electron chi connectivity index (χ3n) is 5.92. The number of H-pyrrole nitrogens is 2. The van der Waals surface area contributed by atoms with Crippen LogP contribution in [0.3, 0.4) is 0 Å². The van der Waals surface area contributed by atoms with Crippen LogP contribution in [0.25, 0.3) is 0 Å². The number of carbonyl (C=O) groups excluding carboxylic acids is 2. The molecule has 0 unspecified atom stereocenters. The van der Waals surface area contributed by atoms with Crippen LogP contribution in [0.4, 0.5) is 5.69 Å². The van der Waals surface area contributed by atoms with Gasteiger partial charge in [-0.25, -0.2) is 9.79 Å². The van der Waals surface area contributed by atoms with Crippen molar-refractivity contribution in [3.8, 4) is 11.6 Å². The van der Waals surface area contributed by atoms with Crippen LogP contribution in [0.1, 0.15) is 48.9 Å². The Labute approximate surface area is 221 Å². The molecule has 2 atom stereocenters. The number of ether oxygens (including phenoxy) is 1. The summed E-state index contributed by atoms with van der Waals surface area (Å²) in [6.45, 7) is 4.08. The second-order valence-electron chi connectivity index (χ2n) is 8.91. The summed E-state index contributed by atoms with van der Waals surface area (Å²) in [7, 11) is 1.54. The third kappa shape index (κ3) is 6.14. The first-order valence-electron chi connectivity index (χ1n) is 11.8. The Hall–Kier alpha value is -4.32. The first-order valence-corrected chi connectivity index (χ1v) is 12.7. The van der Waals surface area contributed by atoms with Gasteiger partial charge in [0.05, 0.1) is 7.11 Å². The highest BCUT2D eigenvalue weighted by Gasteiger charge is 2.34. The van der Waals surface area contributed by atoms with E-state index in [0.29, 0.717) is 17.0 Å². The SMILES string of the molecule is COc1ccc(NC(=O)C[C@@H]2SC(=N[C@@H](c3ccc(C(C)C)cc3)c3c(O)[nH]c(=O)[nH]c3=O)NC2=O)cc1. The lowest BCUT2D eigenvalue weighted by molar-refractivity contribution is -0.122. The van der Waals surface area contributed by atoms with Gasteiger partial charge in [-0.3, -0.25) is 24.4 Å². The molecule has 1 fully saturated rings. The molecule has 2 amide bonds. The molecule has 0 bridgehead atoms. The van der Waals surface area contributed by atoms with Crippen LogP contribution in [0.2, 0.25) is 0 Å². The highest BCUT2D eigenvalue weighted by atomic mass is 32.2. The highest BCUT2D eigenvalue weighted by Crippen LogP contribution is 2.32. The van der Waals surface area contributed by atoms with E-state index < -0.39 is 34.3 Å². The van der Waals surface area contributed by atoms with Gasteiger partial charge in [0.1, 0.15) is 22.6 Å². The van der Waals surface area contributed by atoms with E-state index in [1.807, 2.05) is 26.0 Å². The van der Waals surface area contributed by atoms with E-state index in [-0.39, 0.29) is 29.0 Å². The summed E-state index contributed by atoms with van der Waals surface area (Å²) in [5.41, 5.74) is 0.342. The molecule has 5 N–H and O–H groups in total. The largest absolute Gasteiger partial charge is 0.497 e. The number of nitrogens with one attached hydrogen (secondary N) is 4. The molecule has 0 spiro atoms. The minimum Gasteiger partial charge on any atom is -0.497 e. The number of hydrogen-bond donors (Lipinski definition) is 5. The number of aromatic amines is 2. The number of aromatic nitrogens is 2. The van der Waals surface area contributed by atoms with Crippen LogP contribution < -0.4 is 26.6 Å². The number of carbonyl (C=O) groups is 2. The Morgan fingerprint density at radius 1 is 1.05 bits per heavy atom. The average Bonchev–Trinajstić information content (AvgIpc) is 3.21. The number of hydrogen-bond acceptors (Lipinski definition) is 8. The van der Waals surface area contributed by atoms with E-state index >= 15 is 0 Å². The van der Waals surface area contributed by atoms with Crippen LogP contribution in [-0.4, -0.2) is 44.4 Å². The summed E-state index contributed by atoms with van der Waals surface area (Å²) in [6, 6.07) is 13.1. The molecule has 38 heavy (non-hydrogen) atoms. The van der Waals surface area contributed by atoms with E-state index in [0.717, 1.165) is 17.3 Å². The molecule has 2 aromatic carbocycles. The van der Waals surface area contributed by atoms with Crippen molar-refractivity contribution in [1.82, 2.24) is 15.3 Å². The van der Waals surface area contributed by atoms with E-state index in [9.17, 15) is 24.3 Å². The van der Waals surface area contributed by atoms with Gasteiger partial charge >= 0.3 is 5.69 Å². The van der Waals surface area contributed by atoms with Crippen molar-refractivity contribution in [2.24, 2.45) is 4.99 Å². The first kappa shape index (κ1) is 26.7. The number of amidine groups is 1. The van der Waals surface area contributed by atoms with Crippen molar-refractivity contribution in [2.45, 2.75) is 37.5 Å². The van der Waals surface area contributed by atoms with Gasteiger partial charge in [-0.15, -0.1) is 0 Å². The molecule has 198 valence electrons. The normalized spacial score (nSPS) is 16.9. The number of aromatic hydroxyl groups is 1. The molecule has 1 aliphatic rings. The smallest absolute Gasteiger partial charge is 0.328 e. The molecular formula is C26H27N5O6S. The van der Waals surface area contributed by atoms with Crippen molar-refractivity contribution < 1.29 is 19.4 Å². The lowest BCUT2D eigenvalue weighted by Crippen LogP contribution is -2.29. The molecule has 2 heterocycles. The van der Waals surface area contributed by atoms with E-state index in [4.69, 9.17) is 4.74 Å². The molecule has 12 heteroatoms. The van der Waals surface area contributed by atoms with Gasteiger partial charge < -0.3 is 20.5 Å². The maximum absolute atomic E-state index is 12.7. The fraction of sp³-hybridized carbons (Fsp3) is 0.269. The van der Waals surface area contributed by atoms with Crippen LogP contribution >= 0.6 is 11.8 Å². The van der Waals surface area contributed by atoms with E-state index in [2.05, 4.69) is 25.6 Å². The number of rotatable bonds is 8. The Morgan fingerprint density at radius 3 is 2.32 bits per heavy atom. The van der Waals surface area contributed by atoms with Crippen LogP contribution in [-0.2, 0) is 9.59 Å². The maximum Gasteiger partial charge on any atom is 0.328 e. The van der Waals surface area contributed by atoms with Crippen LogP contribution in [0, 0.1) is 0 Å². The Bertz CT molecular complexity index is 1480. The molecule has 1 saturated heterocycles. The average molecular weight is 538 g/mol. The predicted octanol–water partition coefficient (Wildman–Crippen LogP) is 2.61. The summed E-state index contributed by atoms with van der Waals surface area (Å²) in [6.07, 6.45) is -0.111. The zero-order chi connectivity index (χ0) is 27.4. The van der Waals surface area contributed by atoms with Gasteiger partial charge in [0, 0.05) is 12.1 Å². The van der Waals surface area contributed by atoms with Crippen molar-refractivity contribution in [2.75, 3.05) is 12.4 Å². The van der Waals surface area contributed by atoms with Gasteiger partial charge in [-0.05, 0) is 41.3 Å². The van der Waals surface area contributed by atoms with Gasteiger partial charge in [0.15, 0.2) is 5.17 Å². The van der Waals surface area contributed by atoms with Crippen LogP contribution in [0.5, 0.6) is 11.6 Å². The number of anilines is 1. The van der Waals surface area contributed by atoms with E-state index in [1.165, 1.54) is 0 Å². The van der Waals surface area contributed by atoms with E-state index in [1.54, 1.807) is 43.5 Å². The van der Waals surface area contributed by atoms with Gasteiger partial charge in [0.25, 0.3) is 5.56 Å². The lowest BCUT2D eigenvalue weighted by atomic mass is 9.96. The summed E-state index contributed by atoms with van der Waals surface area (Å²) in [4.78, 5) is 58.3. The first-order chi connectivity index (χ1) is 18.1. The molecule has 0 radical (unpaired) electrons. The second kappa shape index (κ2) is 11.4.